The molecule has 0 spiro atoms. The number of benzene rings is 1. The van der Waals surface area contributed by atoms with Gasteiger partial charge in [-0.05, 0) is 50.3 Å². The van der Waals surface area contributed by atoms with Gasteiger partial charge in [-0.3, -0.25) is 9.59 Å². The average Bonchev–Trinajstić information content (AvgIpc) is 3.49. The molecule has 2 heterocycles. The molecule has 1 aliphatic carbocycles. The number of primary amides is 1. The predicted octanol–water partition coefficient (Wildman–Crippen LogP) is 5.63. The van der Waals surface area contributed by atoms with Gasteiger partial charge in [-0.15, -0.1) is 0 Å². The van der Waals surface area contributed by atoms with Crippen LogP contribution in [0.25, 0.3) is 0 Å². The number of carbonyl (C=O) groups is 2. The molecular formula is C29H32F3N7O4. The average molecular weight is 600 g/mol. The van der Waals surface area contributed by atoms with E-state index in [1.165, 1.54) is 38.4 Å². The van der Waals surface area contributed by atoms with E-state index in [1.54, 1.807) is 13.0 Å². The maximum absolute atomic E-state index is 14.0. The van der Waals surface area contributed by atoms with Crippen LogP contribution >= 0.6 is 0 Å². The van der Waals surface area contributed by atoms with Crippen LogP contribution in [0.4, 0.5) is 42.0 Å². The lowest BCUT2D eigenvalue weighted by Crippen LogP contribution is -2.30. The van der Waals surface area contributed by atoms with Crippen LogP contribution < -0.4 is 31.2 Å². The number of nitrogens with two attached hydrogens (primary N) is 1. The number of amides is 2. The molecule has 228 valence electrons. The first-order valence-electron chi connectivity index (χ1n) is 13.4. The fourth-order valence-corrected chi connectivity index (χ4v) is 4.48. The molecule has 1 atom stereocenters. The van der Waals surface area contributed by atoms with E-state index in [9.17, 15) is 22.8 Å². The smallest absolute Gasteiger partial charge is 0.421 e. The molecule has 43 heavy (non-hydrogen) atoms. The number of rotatable bonds is 11. The van der Waals surface area contributed by atoms with Crippen molar-refractivity contribution >= 4 is 40.6 Å². The molecule has 3 aromatic rings. The number of alkyl halides is 3. The van der Waals surface area contributed by atoms with Crippen molar-refractivity contribution in [1.82, 2.24) is 15.0 Å². The highest BCUT2D eigenvalue weighted by atomic mass is 19.4. The summed E-state index contributed by atoms with van der Waals surface area (Å²) in [6.45, 7) is 7.13. The van der Waals surface area contributed by atoms with Crippen LogP contribution in [0.1, 0.15) is 43.7 Å². The Balaban J connectivity index is 1.71. The standard InChI is InChI=1S/C29H32F3N7O4/c1-15-13-34-24(42-4)12-22(15)38-28-35-14-20(29(30,31)32)26(39-28)36-21-10-9-19(43-17(3)25(33)40)11-23(21)37-27(41)16(2)18-7-5-6-8-18/h9-14,17-18H,2,5-8H2,1,3-4H3,(H2,33,40)(H,37,41)(H2,34,35,36,38,39)/t17-/m0/s1. The second-order valence-corrected chi connectivity index (χ2v) is 10.1. The number of hydrogen-bond acceptors (Lipinski definition) is 9. The number of aryl methyl sites for hydroxylation is 1. The second kappa shape index (κ2) is 13.0. The van der Waals surface area contributed by atoms with Crippen molar-refractivity contribution in [2.45, 2.75) is 51.8 Å². The van der Waals surface area contributed by atoms with Crippen molar-refractivity contribution in [2.24, 2.45) is 11.7 Å². The third-order valence-electron chi connectivity index (χ3n) is 6.97. The molecule has 0 aliphatic heterocycles. The van der Waals surface area contributed by atoms with Crippen molar-refractivity contribution in [1.29, 1.82) is 0 Å². The Bertz CT molecular complexity index is 1520. The van der Waals surface area contributed by atoms with Crippen molar-refractivity contribution in [3.63, 3.8) is 0 Å². The number of halogens is 3. The van der Waals surface area contributed by atoms with Gasteiger partial charge in [0, 0.05) is 30.1 Å². The fourth-order valence-electron chi connectivity index (χ4n) is 4.48. The Morgan fingerprint density at radius 1 is 1.07 bits per heavy atom. The van der Waals surface area contributed by atoms with Crippen LogP contribution in [-0.2, 0) is 15.8 Å². The van der Waals surface area contributed by atoms with Crippen LogP contribution in [-0.4, -0.2) is 40.0 Å². The maximum atomic E-state index is 14.0. The molecular weight excluding hydrogens is 567 g/mol. The molecule has 0 saturated heterocycles. The van der Waals surface area contributed by atoms with E-state index in [0.717, 1.165) is 25.7 Å². The van der Waals surface area contributed by atoms with Gasteiger partial charge >= 0.3 is 6.18 Å². The van der Waals surface area contributed by atoms with E-state index in [0.29, 0.717) is 23.0 Å². The molecule has 0 bridgehead atoms. The first-order valence-corrected chi connectivity index (χ1v) is 13.4. The van der Waals surface area contributed by atoms with E-state index in [-0.39, 0.29) is 34.9 Å². The van der Waals surface area contributed by atoms with Crippen molar-refractivity contribution in [3.05, 3.63) is 59.9 Å². The molecule has 14 heteroatoms. The van der Waals surface area contributed by atoms with Gasteiger partial charge in [0.25, 0.3) is 11.8 Å². The molecule has 1 aliphatic rings. The second-order valence-electron chi connectivity index (χ2n) is 10.1. The summed E-state index contributed by atoms with van der Waals surface area (Å²) >= 11 is 0. The van der Waals surface area contributed by atoms with Gasteiger partial charge in [-0.1, -0.05) is 19.4 Å². The predicted molar refractivity (Wildman–Crippen MR) is 155 cm³/mol. The summed E-state index contributed by atoms with van der Waals surface area (Å²) in [4.78, 5) is 36.7. The molecule has 0 radical (unpaired) electrons. The van der Waals surface area contributed by atoms with E-state index >= 15 is 0 Å². The van der Waals surface area contributed by atoms with Crippen molar-refractivity contribution < 1.29 is 32.2 Å². The number of hydrogen-bond donors (Lipinski definition) is 4. The lowest BCUT2D eigenvalue weighted by Gasteiger charge is -2.20. The molecule has 0 unspecified atom stereocenters. The Morgan fingerprint density at radius 2 is 1.79 bits per heavy atom. The molecule has 2 aromatic heterocycles. The zero-order valence-electron chi connectivity index (χ0n) is 23.8. The zero-order valence-corrected chi connectivity index (χ0v) is 23.8. The number of nitrogens with one attached hydrogen (secondary N) is 3. The van der Waals surface area contributed by atoms with Gasteiger partial charge in [-0.25, -0.2) is 9.97 Å². The minimum Gasteiger partial charge on any atom is -0.481 e. The molecule has 1 fully saturated rings. The van der Waals surface area contributed by atoms with Gasteiger partial charge in [0.05, 0.1) is 24.2 Å². The number of aromatic nitrogens is 3. The Hall–Kier alpha value is -4.88. The number of nitrogens with zero attached hydrogens (tertiary/aromatic N) is 3. The summed E-state index contributed by atoms with van der Waals surface area (Å²) in [5.74, 6) is -1.48. The summed E-state index contributed by atoms with van der Waals surface area (Å²) < 4.78 is 52.8. The lowest BCUT2D eigenvalue weighted by atomic mass is 9.98. The number of carbonyl (C=O) groups excluding carboxylic acids is 2. The topological polar surface area (TPSA) is 153 Å². The van der Waals surface area contributed by atoms with Crippen LogP contribution in [0.2, 0.25) is 0 Å². The number of pyridine rings is 1. The third-order valence-corrected chi connectivity index (χ3v) is 6.97. The van der Waals surface area contributed by atoms with E-state index < -0.39 is 35.5 Å². The van der Waals surface area contributed by atoms with E-state index in [4.69, 9.17) is 15.2 Å². The SMILES string of the molecule is C=C(C(=O)Nc1cc(O[C@@H](C)C(N)=O)ccc1Nc1nc(Nc2cc(OC)ncc2C)ncc1C(F)(F)F)C1CCCC1. The van der Waals surface area contributed by atoms with Crippen molar-refractivity contribution in [3.8, 4) is 11.6 Å². The largest absolute Gasteiger partial charge is 0.481 e. The zero-order chi connectivity index (χ0) is 31.3. The maximum Gasteiger partial charge on any atom is 0.421 e. The van der Waals surface area contributed by atoms with Crippen molar-refractivity contribution in [2.75, 3.05) is 23.1 Å². The van der Waals surface area contributed by atoms with Crippen LogP contribution in [0.3, 0.4) is 0 Å². The van der Waals surface area contributed by atoms with Gasteiger partial charge < -0.3 is 31.2 Å². The number of ether oxygens (including phenoxy) is 2. The molecule has 1 aromatic carbocycles. The highest BCUT2D eigenvalue weighted by Crippen LogP contribution is 2.38. The highest BCUT2D eigenvalue weighted by molar-refractivity contribution is 6.05. The molecule has 1 saturated carbocycles. The van der Waals surface area contributed by atoms with Gasteiger partial charge in [0.15, 0.2) is 6.10 Å². The third kappa shape index (κ3) is 7.70. The van der Waals surface area contributed by atoms with Crippen LogP contribution in [0.5, 0.6) is 11.6 Å². The minimum absolute atomic E-state index is 0.00771. The minimum atomic E-state index is -4.81. The summed E-state index contributed by atoms with van der Waals surface area (Å²) in [5, 5.41) is 8.30. The summed E-state index contributed by atoms with van der Waals surface area (Å²) in [6.07, 6.45) is -0.0207. The van der Waals surface area contributed by atoms with Crippen LogP contribution in [0, 0.1) is 12.8 Å². The normalized spacial score (nSPS) is 14.1. The fraction of sp³-hybridized carbons (Fsp3) is 0.345. The van der Waals surface area contributed by atoms with E-state index in [2.05, 4.69) is 37.5 Å². The monoisotopic (exact) mass is 599 g/mol. The molecule has 2 amide bonds. The summed E-state index contributed by atoms with van der Waals surface area (Å²) in [5.41, 5.74) is 5.83. The quantitative estimate of drug-likeness (QED) is 0.205. The van der Waals surface area contributed by atoms with Gasteiger partial charge in [0.1, 0.15) is 17.1 Å². The highest BCUT2D eigenvalue weighted by Gasteiger charge is 2.36. The number of anilines is 5. The van der Waals surface area contributed by atoms with Gasteiger partial charge in [0.2, 0.25) is 11.8 Å². The Morgan fingerprint density at radius 3 is 2.44 bits per heavy atom. The van der Waals surface area contributed by atoms with E-state index in [1.807, 2.05) is 0 Å². The first kappa shape index (κ1) is 31.1. The molecule has 5 N–H and O–H groups in total. The van der Waals surface area contributed by atoms with Gasteiger partial charge in [-0.2, -0.15) is 18.2 Å². The molecule has 11 nitrogen and oxygen atoms in total. The molecule has 4 rings (SSSR count). The lowest BCUT2D eigenvalue weighted by molar-refractivity contribution is -0.137. The Labute approximate surface area is 246 Å². The van der Waals surface area contributed by atoms with Crippen LogP contribution in [0.15, 0.2) is 48.8 Å². The summed E-state index contributed by atoms with van der Waals surface area (Å²) in [6, 6.07) is 5.75. The Kier molecular flexibility index (Phi) is 9.37. The number of methoxy groups -OCH3 is 1. The summed E-state index contributed by atoms with van der Waals surface area (Å²) in [7, 11) is 1.43. The first-order chi connectivity index (χ1) is 20.3.